The first-order valence-electron chi connectivity index (χ1n) is 9.68. The van der Waals surface area contributed by atoms with Crippen LogP contribution in [0, 0.1) is 11.7 Å². The zero-order valence-electron chi connectivity index (χ0n) is 15.0. The molecule has 0 amide bonds. The Morgan fingerprint density at radius 3 is 2.39 bits per heavy atom. The minimum absolute atomic E-state index is 0.120. The van der Waals surface area contributed by atoms with Crippen molar-refractivity contribution >= 4 is 0 Å². The molecular weight excluding hydrogens is 283 g/mol. The third-order valence-electron chi connectivity index (χ3n) is 5.32. The number of hydrogen-bond acceptors (Lipinski definition) is 0. The number of unbranched alkanes of at least 4 members (excludes halogenated alkanes) is 1. The van der Waals surface area contributed by atoms with Crippen LogP contribution in [-0.4, -0.2) is 0 Å². The Labute approximate surface area is 142 Å². The van der Waals surface area contributed by atoms with E-state index >= 15 is 0 Å². The molecule has 0 radical (unpaired) electrons. The summed E-state index contributed by atoms with van der Waals surface area (Å²) in [6.07, 6.45) is 15.3. The lowest BCUT2D eigenvalue weighted by atomic mass is 9.75. The van der Waals surface area contributed by atoms with Crippen molar-refractivity contribution in [3.05, 3.63) is 47.3 Å². The molecule has 0 aliphatic heterocycles. The predicted octanol–water partition coefficient (Wildman–Crippen LogP) is 7.41. The summed E-state index contributed by atoms with van der Waals surface area (Å²) >= 11 is 0. The third kappa shape index (κ3) is 5.79. The van der Waals surface area contributed by atoms with Crippen molar-refractivity contribution in [2.75, 3.05) is 0 Å². The summed E-state index contributed by atoms with van der Waals surface area (Å²) < 4.78 is 13.3. The van der Waals surface area contributed by atoms with Gasteiger partial charge in [0.05, 0.1) is 0 Å². The van der Waals surface area contributed by atoms with Gasteiger partial charge < -0.3 is 0 Å². The highest BCUT2D eigenvalue weighted by atomic mass is 19.1. The molecule has 0 saturated heterocycles. The van der Waals surface area contributed by atoms with Crippen molar-refractivity contribution in [3.8, 4) is 0 Å². The molecule has 1 aromatic carbocycles. The minimum Gasteiger partial charge on any atom is -0.207 e. The molecule has 128 valence electrons. The summed E-state index contributed by atoms with van der Waals surface area (Å²) in [7, 11) is 0. The predicted molar refractivity (Wildman–Crippen MR) is 98.2 cm³/mol. The smallest absolute Gasteiger partial charge is 0.123 e. The van der Waals surface area contributed by atoms with Gasteiger partial charge in [0.2, 0.25) is 0 Å². The summed E-state index contributed by atoms with van der Waals surface area (Å²) in [5.74, 6) is 1.17. The van der Waals surface area contributed by atoms with Gasteiger partial charge in [0.25, 0.3) is 0 Å². The van der Waals surface area contributed by atoms with Crippen LogP contribution < -0.4 is 0 Å². The molecule has 1 heteroatoms. The van der Waals surface area contributed by atoms with Crippen LogP contribution in [-0.2, 0) is 0 Å². The molecule has 1 aliphatic rings. The van der Waals surface area contributed by atoms with E-state index in [4.69, 9.17) is 0 Å². The molecule has 0 N–H and O–H groups in total. The van der Waals surface area contributed by atoms with Gasteiger partial charge in [-0.15, -0.1) is 0 Å². The molecule has 0 saturated carbocycles. The van der Waals surface area contributed by atoms with E-state index in [9.17, 15) is 4.39 Å². The summed E-state index contributed by atoms with van der Waals surface area (Å²) in [5, 5.41) is 0. The fourth-order valence-electron chi connectivity index (χ4n) is 4.02. The molecule has 0 heterocycles. The molecule has 1 aliphatic carbocycles. The zero-order chi connectivity index (χ0) is 16.5. The molecule has 1 aromatic rings. The van der Waals surface area contributed by atoms with Gasteiger partial charge in [0.1, 0.15) is 5.82 Å². The lowest BCUT2D eigenvalue weighted by Gasteiger charge is -2.29. The summed E-state index contributed by atoms with van der Waals surface area (Å²) in [6.45, 7) is 4.57. The van der Waals surface area contributed by atoms with E-state index in [1.807, 2.05) is 12.1 Å². The lowest BCUT2D eigenvalue weighted by molar-refractivity contribution is 0.349. The van der Waals surface area contributed by atoms with E-state index in [1.165, 1.54) is 69.8 Å². The fourth-order valence-corrected chi connectivity index (χ4v) is 4.02. The van der Waals surface area contributed by atoms with Gasteiger partial charge in [-0.25, -0.2) is 4.39 Å². The van der Waals surface area contributed by atoms with Crippen molar-refractivity contribution < 1.29 is 4.39 Å². The second-order valence-electron chi connectivity index (χ2n) is 7.16. The second kappa shape index (κ2) is 9.90. The van der Waals surface area contributed by atoms with Gasteiger partial charge in [0, 0.05) is 0 Å². The molecule has 0 nitrogen and oxygen atoms in total. The molecule has 0 bridgehead atoms. The maximum absolute atomic E-state index is 13.3. The first kappa shape index (κ1) is 18.2. The largest absolute Gasteiger partial charge is 0.207 e. The molecule has 0 fully saturated rings. The van der Waals surface area contributed by atoms with Crippen molar-refractivity contribution in [3.63, 3.8) is 0 Å². The number of rotatable bonds is 9. The van der Waals surface area contributed by atoms with Crippen molar-refractivity contribution in [1.29, 1.82) is 0 Å². The molecular formula is C22H33F. The van der Waals surface area contributed by atoms with Gasteiger partial charge in [-0.1, -0.05) is 63.3 Å². The van der Waals surface area contributed by atoms with E-state index in [1.54, 1.807) is 17.7 Å². The number of benzene rings is 1. The Balaban J connectivity index is 2.20. The highest BCUT2D eigenvalue weighted by Crippen LogP contribution is 2.39. The SMILES string of the molecule is CCCCC(CCC)C(CC1=CCCCC1)c1ccc(F)cc1. The fraction of sp³-hybridized carbons (Fsp3) is 0.636. The molecule has 2 unspecified atom stereocenters. The number of halogens is 1. The number of allylic oxidation sites excluding steroid dienone is 2. The van der Waals surface area contributed by atoms with Gasteiger partial charge in [-0.05, 0) is 68.1 Å². The van der Waals surface area contributed by atoms with Crippen LogP contribution in [0.3, 0.4) is 0 Å². The molecule has 0 spiro atoms. The van der Waals surface area contributed by atoms with E-state index in [-0.39, 0.29) is 5.82 Å². The van der Waals surface area contributed by atoms with E-state index in [0.717, 1.165) is 5.92 Å². The van der Waals surface area contributed by atoms with Crippen LogP contribution in [0.1, 0.15) is 89.5 Å². The number of hydrogen-bond donors (Lipinski definition) is 0. The average Bonchev–Trinajstić information content (AvgIpc) is 2.58. The van der Waals surface area contributed by atoms with Crippen LogP contribution in [0.25, 0.3) is 0 Å². The maximum Gasteiger partial charge on any atom is 0.123 e. The Bertz CT molecular complexity index is 471. The normalized spacial score (nSPS) is 17.6. The van der Waals surface area contributed by atoms with Gasteiger partial charge in [0.15, 0.2) is 0 Å². The summed E-state index contributed by atoms with van der Waals surface area (Å²) in [6, 6.07) is 7.33. The standard InChI is InChI=1S/C22H33F/c1-3-5-12-19(9-4-2)22(17-18-10-7-6-8-11-18)20-13-15-21(23)16-14-20/h10,13-16,19,22H,3-9,11-12,17H2,1-2H3. The van der Waals surface area contributed by atoms with Gasteiger partial charge >= 0.3 is 0 Å². The summed E-state index contributed by atoms with van der Waals surface area (Å²) in [4.78, 5) is 0. The summed E-state index contributed by atoms with van der Waals surface area (Å²) in [5.41, 5.74) is 2.98. The lowest BCUT2D eigenvalue weighted by Crippen LogP contribution is -2.15. The molecule has 2 atom stereocenters. The van der Waals surface area contributed by atoms with Crippen LogP contribution >= 0.6 is 0 Å². The van der Waals surface area contributed by atoms with E-state index in [0.29, 0.717) is 5.92 Å². The zero-order valence-corrected chi connectivity index (χ0v) is 15.0. The minimum atomic E-state index is -0.120. The quantitative estimate of drug-likeness (QED) is 0.416. The maximum atomic E-state index is 13.3. The second-order valence-corrected chi connectivity index (χ2v) is 7.16. The van der Waals surface area contributed by atoms with Gasteiger partial charge in [-0.3, -0.25) is 0 Å². The van der Waals surface area contributed by atoms with Crippen molar-refractivity contribution in [2.24, 2.45) is 5.92 Å². The first-order valence-corrected chi connectivity index (χ1v) is 9.68. The highest BCUT2D eigenvalue weighted by molar-refractivity contribution is 5.24. The Kier molecular flexibility index (Phi) is 7.85. The Morgan fingerprint density at radius 2 is 1.78 bits per heavy atom. The molecule has 2 rings (SSSR count). The van der Waals surface area contributed by atoms with Crippen LogP contribution in [0.15, 0.2) is 35.9 Å². The van der Waals surface area contributed by atoms with Crippen molar-refractivity contribution in [2.45, 2.75) is 84.0 Å². The monoisotopic (exact) mass is 316 g/mol. The van der Waals surface area contributed by atoms with Crippen LogP contribution in [0.4, 0.5) is 4.39 Å². The van der Waals surface area contributed by atoms with E-state index in [2.05, 4.69) is 19.9 Å². The first-order chi connectivity index (χ1) is 11.2. The third-order valence-corrected chi connectivity index (χ3v) is 5.32. The Morgan fingerprint density at radius 1 is 1.00 bits per heavy atom. The van der Waals surface area contributed by atoms with Crippen molar-refractivity contribution in [1.82, 2.24) is 0 Å². The molecule has 0 aromatic heterocycles. The highest BCUT2D eigenvalue weighted by Gasteiger charge is 2.24. The van der Waals surface area contributed by atoms with Gasteiger partial charge in [-0.2, -0.15) is 0 Å². The van der Waals surface area contributed by atoms with Crippen LogP contribution in [0.2, 0.25) is 0 Å². The van der Waals surface area contributed by atoms with Crippen LogP contribution in [0.5, 0.6) is 0 Å². The Hall–Kier alpha value is -1.11. The average molecular weight is 317 g/mol. The topological polar surface area (TPSA) is 0 Å². The van der Waals surface area contributed by atoms with E-state index < -0.39 is 0 Å². The molecule has 23 heavy (non-hydrogen) atoms.